The summed E-state index contributed by atoms with van der Waals surface area (Å²) < 4.78 is 5.04. The number of amides is 1. The third-order valence-corrected chi connectivity index (χ3v) is 4.28. The maximum absolute atomic E-state index is 12.4. The summed E-state index contributed by atoms with van der Waals surface area (Å²) in [7, 11) is 1.45. The molecule has 2 unspecified atom stereocenters. The Kier molecular flexibility index (Phi) is 3.47. The third-order valence-electron chi connectivity index (χ3n) is 4.28. The smallest absolute Gasteiger partial charge is 0.250 e. The number of aromatic hydroxyl groups is 1. The number of methoxy groups -OCH3 is 1. The molecule has 1 amide bonds. The first-order valence-corrected chi connectivity index (χ1v) is 7.65. The second-order valence-electron chi connectivity index (χ2n) is 5.73. The number of carbonyl (C=O) groups is 1. The van der Waals surface area contributed by atoms with Crippen molar-refractivity contribution in [2.24, 2.45) is 0 Å². The van der Waals surface area contributed by atoms with Crippen LogP contribution < -0.4 is 15.0 Å². The molecule has 3 aromatic rings. The van der Waals surface area contributed by atoms with Crippen LogP contribution in [0.5, 0.6) is 11.5 Å². The van der Waals surface area contributed by atoms with E-state index in [1.807, 2.05) is 6.07 Å². The fourth-order valence-corrected chi connectivity index (χ4v) is 3.11. The molecule has 0 aliphatic carbocycles. The number of phenolic OH excluding ortho intramolecular Hbond substituents is 1. The lowest BCUT2D eigenvalue weighted by atomic mass is 10.0. The molecule has 0 bridgehead atoms. The van der Waals surface area contributed by atoms with E-state index in [4.69, 9.17) is 4.74 Å². The summed E-state index contributed by atoms with van der Waals surface area (Å²) in [6, 6.07) is 9.33. The standard InChI is InChI=1S/C17H16N4O4/c1-25-14-5-2-9(6-13(14)22)15-16(23)20-17(24)21(15)10-3-4-11-12(7-10)19-8-18-11/h2-8,15,17,22,24H,1H3,(H,18,19)(H,20,23). The number of imidazole rings is 1. The number of aliphatic hydroxyl groups excluding tert-OH is 1. The first-order valence-electron chi connectivity index (χ1n) is 7.65. The maximum Gasteiger partial charge on any atom is 0.250 e. The molecule has 25 heavy (non-hydrogen) atoms. The topological polar surface area (TPSA) is 111 Å². The van der Waals surface area contributed by atoms with Gasteiger partial charge in [0.15, 0.2) is 11.5 Å². The number of nitrogens with zero attached hydrogens (tertiary/aromatic N) is 2. The van der Waals surface area contributed by atoms with E-state index in [2.05, 4.69) is 15.3 Å². The molecule has 1 aliphatic rings. The van der Waals surface area contributed by atoms with Gasteiger partial charge in [0.25, 0.3) is 5.91 Å². The van der Waals surface area contributed by atoms with Crippen LogP contribution in [0.25, 0.3) is 11.0 Å². The van der Waals surface area contributed by atoms with Crippen LogP contribution in [0, 0.1) is 0 Å². The van der Waals surface area contributed by atoms with Crippen molar-refractivity contribution in [3.8, 4) is 11.5 Å². The van der Waals surface area contributed by atoms with Gasteiger partial charge < -0.3 is 30.2 Å². The lowest BCUT2D eigenvalue weighted by molar-refractivity contribution is -0.121. The van der Waals surface area contributed by atoms with Crippen molar-refractivity contribution in [3.05, 3.63) is 48.3 Å². The number of aliphatic hydroxyl groups is 1. The summed E-state index contributed by atoms with van der Waals surface area (Å²) >= 11 is 0. The minimum Gasteiger partial charge on any atom is -0.504 e. The zero-order chi connectivity index (χ0) is 17.6. The molecular weight excluding hydrogens is 324 g/mol. The van der Waals surface area contributed by atoms with Crippen LogP contribution in [0.1, 0.15) is 11.6 Å². The Morgan fingerprint density at radius 1 is 1.24 bits per heavy atom. The first kappa shape index (κ1) is 15.3. The minimum absolute atomic E-state index is 0.0711. The number of H-pyrrole nitrogens is 1. The molecular formula is C17H16N4O4. The largest absolute Gasteiger partial charge is 0.504 e. The Bertz CT molecular complexity index is 955. The van der Waals surface area contributed by atoms with Gasteiger partial charge in [-0.25, -0.2) is 4.98 Å². The number of benzene rings is 2. The van der Waals surface area contributed by atoms with Crippen LogP contribution in [0.15, 0.2) is 42.7 Å². The fourth-order valence-electron chi connectivity index (χ4n) is 3.11. The monoisotopic (exact) mass is 340 g/mol. The number of nitrogens with one attached hydrogen (secondary N) is 2. The molecule has 8 nitrogen and oxygen atoms in total. The SMILES string of the molecule is COc1ccc(C2C(=O)NC(O)N2c2ccc3nc[nH]c3c2)cc1O. The van der Waals surface area contributed by atoms with Crippen LogP contribution in [0.2, 0.25) is 0 Å². The van der Waals surface area contributed by atoms with E-state index < -0.39 is 12.4 Å². The number of rotatable bonds is 3. The number of fused-ring (bicyclic) bond motifs is 1. The van der Waals surface area contributed by atoms with E-state index >= 15 is 0 Å². The number of hydrogen-bond donors (Lipinski definition) is 4. The highest BCUT2D eigenvalue weighted by molar-refractivity contribution is 5.91. The Morgan fingerprint density at radius 2 is 2.08 bits per heavy atom. The Balaban J connectivity index is 1.78. The summed E-state index contributed by atoms with van der Waals surface area (Å²) in [4.78, 5) is 21.1. The number of phenols is 1. The number of carbonyl (C=O) groups excluding carboxylic acids is 1. The van der Waals surface area contributed by atoms with E-state index in [1.54, 1.807) is 35.5 Å². The summed E-state index contributed by atoms with van der Waals surface area (Å²) in [6.45, 7) is 0. The van der Waals surface area contributed by atoms with E-state index in [9.17, 15) is 15.0 Å². The third kappa shape index (κ3) is 2.43. The van der Waals surface area contributed by atoms with Crippen LogP contribution in [0.4, 0.5) is 5.69 Å². The van der Waals surface area contributed by atoms with E-state index in [0.717, 1.165) is 11.0 Å². The molecule has 0 spiro atoms. The first-order chi connectivity index (χ1) is 12.1. The van der Waals surface area contributed by atoms with Gasteiger partial charge in [0, 0.05) is 5.69 Å². The molecule has 1 aliphatic heterocycles. The zero-order valence-corrected chi connectivity index (χ0v) is 13.3. The summed E-state index contributed by atoms with van der Waals surface area (Å²) in [5.74, 6) is -0.118. The molecule has 2 atom stereocenters. The molecule has 4 N–H and O–H groups in total. The highest BCUT2D eigenvalue weighted by Crippen LogP contribution is 2.37. The average Bonchev–Trinajstić information content (AvgIpc) is 3.17. The quantitative estimate of drug-likeness (QED) is 0.571. The predicted molar refractivity (Wildman–Crippen MR) is 90.1 cm³/mol. The van der Waals surface area contributed by atoms with Gasteiger partial charge in [-0.05, 0) is 35.9 Å². The van der Waals surface area contributed by atoms with Crippen molar-refractivity contribution >= 4 is 22.6 Å². The van der Waals surface area contributed by atoms with Gasteiger partial charge in [-0.15, -0.1) is 0 Å². The minimum atomic E-state index is -1.18. The Hall–Kier alpha value is -3.26. The van der Waals surface area contributed by atoms with Gasteiger partial charge >= 0.3 is 0 Å². The molecule has 1 saturated heterocycles. The lowest BCUT2D eigenvalue weighted by Crippen LogP contribution is -2.36. The fraction of sp³-hybridized carbons (Fsp3) is 0.176. The van der Waals surface area contributed by atoms with Crippen molar-refractivity contribution in [3.63, 3.8) is 0 Å². The lowest BCUT2D eigenvalue weighted by Gasteiger charge is -2.27. The van der Waals surface area contributed by atoms with Crippen molar-refractivity contribution in [2.45, 2.75) is 12.4 Å². The van der Waals surface area contributed by atoms with E-state index in [1.165, 1.54) is 13.2 Å². The van der Waals surface area contributed by atoms with Gasteiger partial charge in [0.2, 0.25) is 6.35 Å². The molecule has 1 fully saturated rings. The van der Waals surface area contributed by atoms with Gasteiger partial charge in [0.05, 0.1) is 24.5 Å². The van der Waals surface area contributed by atoms with Crippen molar-refractivity contribution in [2.75, 3.05) is 12.0 Å². The van der Waals surface area contributed by atoms with Gasteiger partial charge in [-0.2, -0.15) is 0 Å². The second kappa shape index (κ2) is 5.67. The summed E-state index contributed by atoms with van der Waals surface area (Å²) in [6.07, 6.45) is 0.402. The number of hydrogen-bond acceptors (Lipinski definition) is 6. The van der Waals surface area contributed by atoms with Crippen molar-refractivity contribution in [1.82, 2.24) is 15.3 Å². The average molecular weight is 340 g/mol. The summed E-state index contributed by atoms with van der Waals surface area (Å²) in [5, 5.41) is 22.8. The normalized spacial score (nSPS) is 20.1. The van der Waals surface area contributed by atoms with Crippen LogP contribution in [0.3, 0.4) is 0 Å². The van der Waals surface area contributed by atoms with Gasteiger partial charge in [0.1, 0.15) is 6.04 Å². The second-order valence-corrected chi connectivity index (χ2v) is 5.73. The molecule has 2 aromatic carbocycles. The number of anilines is 1. The molecule has 2 heterocycles. The maximum atomic E-state index is 12.4. The number of aromatic amines is 1. The van der Waals surface area contributed by atoms with Gasteiger partial charge in [-0.1, -0.05) is 6.07 Å². The molecule has 4 rings (SSSR count). The van der Waals surface area contributed by atoms with Crippen molar-refractivity contribution < 1.29 is 19.7 Å². The van der Waals surface area contributed by atoms with E-state index in [0.29, 0.717) is 17.0 Å². The summed E-state index contributed by atoms with van der Waals surface area (Å²) in [5.41, 5.74) is 2.76. The molecule has 128 valence electrons. The predicted octanol–water partition coefficient (Wildman–Crippen LogP) is 1.23. The Labute approximate surface area is 142 Å². The Morgan fingerprint density at radius 3 is 2.84 bits per heavy atom. The van der Waals surface area contributed by atoms with Gasteiger partial charge in [-0.3, -0.25) is 4.79 Å². The van der Waals surface area contributed by atoms with Crippen molar-refractivity contribution in [1.29, 1.82) is 0 Å². The van der Waals surface area contributed by atoms with E-state index in [-0.39, 0.29) is 11.7 Å². The molecule has 0 saturated carbocycles. The van der Waals surface area contributed by atoms with Crippen LogP contribution in [-0.4, -0.2) is 39.5 Å². The van der Waals surface area contributed by atoms with Crippen LogP contribution in [-0.2, 0) is 4.79 Å². The highest BCUT2D eigenvalue weighted by atomic mass is 16.5. The van der Waals surface area contributed by atoms with Crippen LogP contribution >= 0.6 is 0 Å². The molecule has 1 aromatic heterocycles. The zero-order valence-electron chi connectivity index (χ0n) is 13.3. The number of aromatic nitrogens is 2. The number of ether oxygens (including phenoxy) is 1. The highest BCUT2D eigenvalue weighted by Gasteiger charge is 2.40. The molecule has 8 heteroatoms. The molecule has 0 radical (unpaired) electrons.